The number of hydrogen-bond donors (Lipinski definition) is 1. The van der Waals surface area contributed by atoms with Crippen LogP contribution in [-0.2, 0) is 6.54 Å². The molecule has 0 aromatic heterocycles. The van der Waals surface area contributed by atoms with Crippen LogP contribution in [0.25, 0.3) is 0 Å². The van der Waals surface area contributed by atoms with Crippen LogP contribution in [0.15, 0.2) is 52.3 Å². The predicted octanol–water partition coefficient (Wildman–Crippen LogP) is 5.17. The van der Waals surface area contributed by atoms with Crippen molar-refractivity contribution in [2.45, 2.75) is 49.6 Å². The first-order valence-electron chi connectivity index (χ1n) is 7.11. The molecule has 2 aromatic rings. The Balaban J connectivity index is 2.09. The minimum atomic E-state index is -0.191. The summed E-state index contributed by atoms with van der Waals surface area (Å²) in [7, 11) is 0. The highest BCUT2D eigenvalue weighted by Crippen LogP contribution is 2.31. The zero-order valence-electron chi connectivity index (χ0n) is 13.0. The molecule has 0 fully saturated rings. The van der Waals surface area contributed by atoms with Crippen LogP contribution in [0.4, 0.5) is 4.39 Å². The van der Waals surface area contributed by atoms with Crippen LogP contribution in [0.3, 0.4) is 0 Å². The van der Waals surface area contributed by atoms with Gasteiger partial charge in [-0.25, -0.2) is 4.39 Å². The van der Waals surface area contributed by atoms with E-state index >= 15 is 0 Å². The van der Waals surface area contributed by atoms with E-state index in [1.165, 1.54) is 22.1 Å². The molecule has 2 aromatic carbocycles. The molecule has 0 heterocycles. The van der Waals surface area contributed by atoms with Gasteiger partial charge in [0.2, 0.25) is 0 Å². The first kappa shape index (κ1) is 16.1. The van der Waals surface area contributed by atoms with Gasteiger partial charge in [0.15, 0.2) is 0 Å². The summed E-state index contributed by atoms with van der Waals surface area (Å²) in [6.45, 7) is 9.44. The van der Waals surface area contributed by atoms with Gasteiger partial charge in [0.05, 0.1) is 0 Å². The second kappa shape index (κ2) is 6.63. The number of rotatable bonds is 4. The topological polar surface area (TPSA) is 12.0 Å². The summed E-state index contributed by atoms with van der Waals surface area (Å²) in [6, 6.07) is 13.2. The molecule has 0 radical (unpaired) electrons. The van der Waals surface area contributed by atoms with E-state index in [4.69, 9.17) is 0 Å². The fourth-order valence-electron chi connectivity index (χ4n) is 1.96. The van der Waals surface area contributed by atoms with Crippen LogP contribution >= 0.6 is 11.8 Å². The molecule has 0 spiro atoms. The Morgan fingerprint density at radius 1 is 1.10 bits per heavy atom. The van der Waals surface area contributed by atoms with Gasteiger partial charge in [-0.1, -0.05) is 30.0 Å². The fraction of sp³-hybridized carbons (Fsp3) is 0.333. The van der Waals surface area contributed by atoms with E-state index in [-0.39, 0.29) is 11.4 Å². The van der Waals surface area contributed by atoms with E-state index in [2.05, 4.69) is 51.2 Å². The van der Waals surface area contributed by atoms with Crippen LogP contribution < -0.4 is 5.32 Å². The van der Waals surface area contributed by atoms with Gasteiger partial charge in [-0.3, -0.25) is 0 Å². The monoisotopic (exact) mass is 303 g/mol. The minimum Gasteiger partial charge on any atom is -0.308 e. The Bertz CT molecular complexity index is 617. The third kappa shape index (κ3) is 5.18. The molecule has 0 bridgehead atoms. The molecule has 0 aliphatic rings. The van der Waals surface area contributed by atoms with Crippen LogP contribution in [-0.4, -0.2) is 5.54 Å². The molecule has 21 heavy (non-hydrogen) atoms. The number of benzene rings is 2. The van der Waals surface area contributed by atoms with E-state index in [0.29, 0.717) is 0 Å². The summed E-state index contributed by atoms with van der Waals surface area (Å²) >= 11 is 1.60. The normalized spacial score (nSPS) is 11.7. The van der Waals surface area contributed by atoms with Crippen LogP contribution in [0.5, 0.6) is 0 Å². The molecule has 1 N–H and O–H groups in total. The maximum atomic E-state index is 13.2. The molecule has 0 unspecified atom stereocenters. The molecule has 0 atom stereocenters. The van der Waals surface area contributed by atoms with E-state index < -0.39 is 0 Å². The lowest BCUT2D eigenvalue weighted by Crippen LogP contribution is -2.35. The molecule has 0 saturated carbocycles. The largest absolute Gasteiger partial charge is 0.308 e. The predicted molar refractivity (Wildman–Crippen MR) is 88.3 cm³/mol. The highest BCUT2D eigenvalue weighted by molar-refractivity contribution is 7.99. The van der Waals surface area contributed by atoms with Gasteiger partial charge >= 0.3 is 0 Å². The first-order valence-corrected chi connectivity index (χ1v) is 7.93. The number of nitrogens with one attached hydrogen (secondary N) is 1. The SMILES string of the molecule is Cc1cc(CNC(C)(C)C)ccc1Sc1cccc(F)c1. The average Bonchev–Trinajstić information content (AvgIpc) is 2.38. The quantitative estimate of drug-likeness (QED) is 0.836. The summed E-state index contributed by atoms with van der Waals surface area (Å²) in [4.78, 5) is 2.10. The lowest BCUT2D eigenvalue weighted by atomic mass is 10.1. The van der Waals surface area contributed by atoms with E-state index in [9.17, 15) is 4.39 Å². The van der Waals surface area contributed by atoms with Crippen molar-refractivity contribution in [1.82, 2.24) is 5.32 Å². The first-order chi connectivity index (χ1) is 9.83. The zero-order valence-corrected chi connectivity index (χ0v) is 13.9. The molecular weight excluding hydrogens is 281 g/mol. The van der Waals surface area contributed by atoms with Crippen molar-refractivity contribution in [2.24, 2.45) is 0 Å². The fourth-order valence-corrected chi connectivity index (χ4v) is 2.89. The number of halogens is 1. The maximum absolute atomic E-state index is 13.2. The second-order valence-electron chi connectivity index (χ2n) is 6.26. The molecular formula is C18H22FNS. The van der Waals surface area contributed by atoms with Crippen molar-refractivity contribution >= 4 is 11.8 Å². The van der Waals surface area contributed by atoms with Crippen LogP contribution in [0, 0.1) is 12.7 Å². The third-order valence-electron chi connectivity index (χ3n) is 3.09. The molecule has 112 valence electrons. The highest BCUT2D eigenvalue weighted by atomic mass is 32.2. The molecule has 1 nitrogen and oxygen atoms in total. The molecule has 0 saturated heterocycles. The van der Waals surface area contributed by atoms with Gasteiger partial charge in [0.1, 0.15) is 5.82 Å². The Hall–Kier alpha value is -1.32. The standard InChI is InChI=1S/C18H22FNS/c1-13-10-14(12-20-18(2,3)4)8-9-17(13)21-16-7-5-6-15(19)11-16/h5-11,20H,12H2,1-4H3. The molecule has 0 aliphatic carbocycles. The molecule has 0 amide bonds. The highest BCUT2D eigenvalue weighted by Gasteiger charge is 2.09. The minimum absolute atomic E-state index is 0.114. The summed E-state index contributed by atoms with van der Waals surface area (Å²) in [5, 5.41) is 3.49. The Kier molecular flexibility index (Phi) is 5.07. The Morgan fingerprint density at radius 2 is 1.86 bits per heavy atom. The van der Waals surface area contributed by atoms with E-state index in [1.54, 1.807) is 23.9 Å². The third-order valence-corrected chi connectivity index (χ3v) is 4.25. The van der Waals surface area contributed by atoms with Gasteiger partial charge in [-0.05, 0) is 63.1 Å². The van der Waals surface area contributed by atoms with Crippen molar-refractivity contribution in [1.29, 1.82) is 0 Å². The molecule has 0 aliphatic heterocycles. The van der Waals surface area contributed by atoms with Gasteiger partial charge in [-0.2, -0.15) is 0 Å². The van der Waals surface area contributed by atoms with Crippen molar-refractivity contribution in [2.75, 3.05) is 0 Å². The summed E-state index contributed by atoms with van der Waals surface area (Å²) in [5.74, 6) is -0.191. The molecule has 3 heteroatoms. The molecule has 2 rings (SSSR count). The average molecular weight is 303 g/mol. The van der Waals surface area contributed by atoms with Gasteiger partial charge < -0.3 is 5.32 Å². The zero-order chi connectivity index (χ0) is 15.5. The summed E-state index contributed by atoms with van der Waals surface area (Å²) in [5.41, 5.74) is 2.60. The summed E-state index contributed by atoms with van der Waals surface area (Å²) < 4.78 is 13.2. The van der Waals surface area contributed by atoms with Gasteiger partial charge in [-0.15, -0.1) is 0 Å². The number of aryl methyl sites for hydroxylation is 1. The van der Waals surface area contributed by atoms with Gasteiger partial charge in [0, 0.05) is 21.9 Å². The lowest BCUT2D eigenvalue weighted by Gasteiger charge is -2.21. The van der Waals surface area contributed by atoms with Crippen LogP contribution in [0.1, 0.15) is 31.9 Å². The maximum Gasteiger partial charge on any atom is 0.124 e. The Morgan fingerprint density at radius 3 is 2.48 bits per heavy atom. The van der Waals surface area contributed by atoms with Gasteiger partial charge in [0.25, 0.3) is 0 Å². The van der Waals surface area contributed by atoms with E-state index in [1.807, 2.05) is 6.07 Å². The lowest BCUT2D eigenvalue weighted by molar-refractivity contribution is 0.424. The number of hydrogen-bond acceptors (Lipinski definition) is 2. The second-order valence-corrected chi connectivity index (χ2v) is 7.38. The van der Waals surface area contributed by atoms with Crippen molar-refractivity contribution in [3.05, 3.63) is 59.4 Å². The van der Waals surface area contributed by atoms with Crippen LogP contribution in [0.2, 0.25) is 0 Å². The van der Waals surface area contributed by atoms with Crippen molar-refractivity contribution in [3.63, 3.8) is 0 Å². The smallest absolute Gasteiger partial charge is 0.124 e. The van der Waals surface area contributed by atoms with Crippen molar-refractivity contribution in [3.8, 4) is 0 Å². The summed E-state index contributed by atoms with van der Waals surface area (Å²) in [6.07, 6.45) is 0. The Labute approximate surface area is 131 Å². The van der Waals surface area contributed by atoms with E-state index in [0.717, 1.165) is 11.4 Å². The van der Waals surface area contributed by atoms with Crippen molar-refractivity contribution < 1.29 is 4.39 Å².